The molecular weight excluding hydrogens is 326 g/mol. The van der Waals surface area contributed by atoms with Crippen LogP contribution in [0.25, 0.3) is 6.08 Å². The summed E-state index contributed by atoms with van der Waals surface area (Å²) < 4.78 is 25.3. The summed E-state index contributed by atoms with van der Waals surface area (Å²) in [5.74, 6) is 0.0608. The van der Waals surface area contributed by atoms with Gasteiger partial charge in [-0.05, 0) is 44.4 Å². The molecule has 7 heteroatoms. The van der Waals surface area contributed by atoms with Gasteiger partial charge >= 0.3 is 0 Å². The van der Waals surface area contributed by atoms with Crippen molar-refractivity contribution in [3.05, 3.63) is 35.7 Å². The lowest BCUT2D eigenvalue weighted by atomic mass is 10.1. The van der Waals surface area contributed by atoms with E-state index in [1.54, 1.807) is 37.2 Å². The molecule has 2 heterocycles. The Balaban J connectivity index is 1.90. The van der Waals surface area contributed by atoms with E-state index in [4.69, 9.17) is 0 Å². The highest BCUT2D eigenvalue weighted by atomic mass is 32.2. The van der Waals surface area contributed by atoms with Gasteiger partial charge in [-0.2, -0.15) is 0 Å². The zero-order valence-corrected chi connectivity index (χ0v) is 15.3. The maximum atomic E-state index is 12.3. The normalized spacial score (nSPS) is 16.9. The van der Waals surface area contributed by atoms with E-state index in [0.717, 1.165) is 11.3 Å². The molecule has 6 nitrogen and oxygen atoms in total. The second-order valence-electron chi connectivity index (χ2n) is 6.04. The number of aryl methyl sites for hydroxylation is 1. The molecule has 1 fully saturated rings. The Morgan fingerprint density at radius 2 is 2.04 bits per heavy atom. The van der Waals surface area contributed by atoms with Crippen molar-refractivity contribution in [1.29, 1.82) is 0 Å². The maximum Gasteiger partial charge on any atom is 0.246 e. The number of amides is 1. The molecule has 1 saturated heterocycles. The summed E-state index contributed by atoms with van der Waals surface area (Å²) in [5.41, 5.74) is 1.82. The van der Waals surface area contributed by atoms with Gasteiger partial charge in [0.15, 0.2) is 0 Å². The molecule has 0 unspecified atom stereocenters. The maximum absolute atomic E-state index is 12.3. The summed E-state index contributed by atoms with van der Waals surface area (Å²) in [5, 5.41) is 0. The molecule has 1 aromatic heterocycles. The minimum Gasteiger partial charge on any atom is -0.339 e. The summed E-state index contributed by atoms with van der Waals surface area (Å²) >= 11 is 0. The minimum atomic E-state index is -3.18. The topological polar surface area (TPSA) is 70.6 Å². The van der Waals surface area contributed by atoms with Crippen molar-refractivity contribution in [2.75, 3.05) is 25.9 Å². The smallest absolute Gasteiger partial charge is 0.246 e. The van der Waals surface area contributed by atoms with Crippen LogP contribution in [-0.2, 0) is 14.8 Å². The van der Waals surface area contributed by atoms with Gasteiger partial charge in [-0.1, -0.05) is 6.07 Å². The van der Waals surface area contributed by atoms with E-state index in [-0.39, 0.29) is 17.7 Å². The van der Waals surface area contributed by atoms with Crippen LogP contribution in [0.1, 0.15) is 31.0 Å². The molecule has 0 saturated carbocycles. The van der Waals surface area contributed by atoms with Crippen LogP contribution in [0, 0.1) is 6.92 Å². The van der Waals surface area contributed by atoms with E-state index in [0.29, 0.717) is 25.9 Å². The van der Waals surface area contributed by atoms with Crippen molar-refractivity contribution in [1.82, 2.24) is 14.2 Å². The summed E-state index contributed by atoms with van der Waals surface area (Å²) in [6.45, 7) is 4.71. The average molecular weight is 351 g/mol. The molecule has 1 aliphatic rings. The second kappa shape index (κ2) is 7.90. The summed E-state index contributed by atoms with van der Waals surface area (Å²) in [6, 6.07) is 3.80. The Labute approximate surface area is 144 Å². The molecule has 1 aromatic rings. The molecule has 0 bridgehead atoms. The molecule has 0 N–H and O–H groups in total. The molecule has 0 radical (unpaired) electrons. The van der Waals surface area contributed by atoms with E-state index >= 15 is 0 Å². The molecular formula is C17H25N3O3S. The monoisotopic (exact) mass is 351 g/mol. The van der Waals surface area contributed by atoms with Crippen molar-refractivity contribution < 1.29 is 13.2 Å². The molecule has 0 aromatic carbocycles. The number of nitrogens with zero attached hydrogens (tertiary/aromatic N) is 3. The predicted molar refractivity (Wildman–Crippen MR) is 94.8 cm³/mol. The molecule has 0 aliphatic carbocycles. The number of hydrogen-bond donors (Lipinski definition) is 0. The van der Waals surface area contributed by atoms with E-state index in [9.17, 15) is 13.2 Å². The van der Waals surface area contributed by atoms with Crippen molar-refractivity contribution >= 4 is 22.0 Å². The summed E-state index contributed by atoms with van der Waals surface area (Å²) in [6.07, 6.45) is 6.38. The number of rotatable bonds is 5. The highest BCUT2D eigenvalue weighted by Crippen LogP contribution is 2.18. The fourth-order valence-corrected chi connectivity index (χ4v) is 3.80. The van der Waals surface area contributed by atoms with Crippen LogP contribution < -0.4 is 0 Å². The first-order valence-electron chi connectivity index (χ1n) is 8.19. The standard InChI is InChI=1S/C17H25N3O3S/c1-4-24(22,23)19(3)16-9-11-20(12-10-16)17(21)8-7-15-6-5-14(2)18-13-15/h5-8,13,16H,4,9-12H2,1-3H3/b8-7+. The minimum absolute atomic E-state index is 0.0238. The van der Waals surface area contributed by atoms with E-state index in [2.05, 4.69) is 4.98 Å². The van der Waals surface area contributed by atoms with Crippen LogP contribution in [0.3, 0.4) is 0 Å². The number of piperidine rings is 1. The first-order valence-corrected chi connectivity index (χ1v) is 9.79. The Hall–Kier alpha value is -1.73. The third kappa shape index (κ3) is 4.64. The predicted octanol–water partition coefficient (Wildman–Crippen LogP) is 1.68. The van der Waals surface area contributed by atoms with Gasteiger partial charge in [-0.3, -0.25) is 9.78 Å². The molecule has 132 valence electrons. The third-order valence-corrected chi connectivity index (χ3v) is 6.35. The van der Waals surface area contributed by atoms with Crippen molar-refractivity contribution in [3.63, 3.8) is 0 Å². The first-order chi connectivity index (χ1) is 11.3. The molecule has 0 atom stereocenters. The van der Waals surface area contributed by atoms with E-state index in [1.165, 1.54) is 4.31 Å². The quantitative estimate of drug-likeness (QED) is 0.757. The zero-order valence-electron chi connectivity index (χ0n) is 14.5. The lowest BCUT2D eigenvalue weighted by molar-refractivity contribution is -0.127. The Morgan fingerprint density at radius 1 is 1.38 bits per heavy atom. The number of carbonyl (C=O) groups is 1. The number of hydrogen-bond acceptors (Lipinski definition) is 4. The number of sulfonamides is 1. The van der Waals surface area contributed by atoms with Crippen molar-refractivity contribution in [2.45, 2.75) is 32.7 Å². The van der Waals surface area contributed by atoms with Crippen molar-refractivity contribution in [2.24, 2.45) is 0 Å². The van der Waals surface area contributed by atoms with Gasteiger partial charge < -0.3 is 4.90 Å². The Bertz CT molecular complexity index is 690. The molecule has 1 aliphatic heterocycles. The number of likely N-dealkylation sites (tertiary alicyclic amines) is 1. The zero-order chi connectivity index (χ0) is 17.7. The molecule has 2 rings (SSSR count). The largest absolute Gasteiger partial charge is 0.339 e. The van der Waals surface area contributed by atoms with Gasteiger partial charge in [-0.25, -0.2) is 12.7 Å². The number of aromatic nitrogens is 1. The summed E-state index contributed by atoms with van der Waals surface area (Å²) in [4.78, 5) is 18.2. The average Bonchev–Trinajstić information content (AvgIpc) is 2.60. The van der Waals surface area contributed by atoms with Gasteiger partial charge in [0.2, 0.25) is 15.9 Å². The lowest BCUT2D eigenvalue weighted by Gasteiger charge is -2.35. The molecule has 0 spiro atoms. The molecule has 24 heavy (non-hydrogen) atoms. The van der Waals surface area contributed by atoms with Crippen LogP contribution in [0.2, 0.25) is 0 Å². The van der Waals surface area contributed by atoms with E-state index < -0.39 is 10.0 Å². The highest BCUT2D eigenvalue weighted by Gasteiger charge is 2.29. The fraction of sp³-hybridized carbons (Fsp3) is 0.529. The SMILES string of the molecule is CCS(=O)(=O)N(C)C1CCN(C(=O)/C=C/c2ccc(C)nc2)CC1. The van der Waals surface area contributed by atoms with Crippen LogP contribution in [0.15, 0.2) is 24.4 Å². The fourth-order valence-electron chi connectivity index (χ4n) is 2.73. The lowest BCUT2D eigenvalue weighted by Crippen LogP contribution is -2.47. The van der Waals surface area contributed by atoms with Gasteiger partial charge in [-0.15, -0.1) is 0 Å². The summed E-state index contributed by atoms with van der Waals surface area (Å²) in [7, 11) is -1.55. The molecule has 1 amide bonds. The van der Waals surface area contributed by atoms with E-state index in [1.807, 2.05) is 19.1 Å². The van der Waals surface area contributed by atoms with Crippen LogP contribution in [-0.4, -0.2) is 60.4 Å². The van der Waals surface area contributed by atoms with Crippen LogP contribution in [0.4, 0.5) is 0 Å². The van der Waals surface area contributed by atoms with Gasteiger partial charge in [0.05, 0.1) is 5.75 Å². The third-order valence-electron chi connectivity index (χ3n) is 4.45. The van der Waals surface area contributed by atoms with Gasteiger partial charge in [0, 0.05) is 44.1 Å². The second-order valence-corrected chi connectivity index (χ2v) is 8.36. The number of carbonyl (C=O) groups excluding carboxylic acids is 1. The van der Waals surface area contributed by atoms with Crippen LogP contribution in [0.5, 0.6) is 0 Å². The van der Waals surface area contributed by atoms with Gasteiger partial charge in [0.25, 0.3) is 0 Å². The van der Waals surface area contributed by atoms with Gasteiger partial charge in [0.1, 0.15) is 0 Å². The highest BCUT2D eigenvalue weighted by molar-refractivity contribution is 7.89. The Kier molecular flexibility index (Phi) is 6.12. The Morgan fingerprint density at radius 3 is 2.58 bits per heavy atom. The first kappa shape index (κ1) is 18.6. The van der Waals surface area contributed by atoms with Crippen LogP contribution >= 0.6 is 0 Å². The van der Waals surface area contributed by atoms with Crippen molar-refractivity contribution in [3.8, 4) is 0 Å². The number of pyridine rings is 1.